The number of ether oxygens (including phenoxy) is 2. The lowest BCUT2D eigenvalue weighted by Crippen LogP contribution is -2.45. The Morgan fingerprint density at radius 1 is 1.09 bits per heavy atom. The molecule has 1 saturated carbocycles. The van der Waals surface area contributed by atoms with Crippen molar-refractivity contribution in [3.8, 4) is 11.5 Å². The largest absolute Gasteiger partial charge is 0.454 e. The molecule has 1 saturated heterocycles. The van der Waals surface area contributed by atoms with Crippen LogP contribution < -0.4 is 14.8 Å². The van der Waals surface area contributed by atoms with Gasteiger partial charge in [0.1, 0.15) is 5.82 Å². The maximum Gasteiger partial charge on any atom is 0.289 e. The minimum absolute atomic E-state index is 0.0482. The van der Waals surface area contributed by atoms with Crippen LogP contribution in [0.3, 0.4) is 0 Å². The Balaban J connectivity index is 1.10. The highest BCUT2D eigenvalue weighted by atomic mass is 16.7. The molecule has 2 aromatic rings. The number of likely N-dealkylation sites (tertiary alicyclic amines) is 1. The first-order chi connectivity index (χ1) is 15.7. The summed E-state index contributed by atoms with van der Waals surface area (Å²) in [7, 11) is 0. The molecule has 8 heteroatoms. The third-order valence-corrected chi connectivity index (χ3v) is 7.85. The summed E-state index contributed by atoms with van der Waals surface area (Å²) in [6, 6.07) is 6.55. The van der Waals surface area contributed by atoms with E-state index in [1.807, 2.05) is 6.07 Å². The van der Waals surface area contributed by atoms with Crippen molar-refractivity contribution < 1.29 is 14.3 Å². The molecule has 6 rings (SSSR count). The smallest absolute Gasteiger partial charge is 0.289 e. The van der Waals surface area contributed by atoms with Gasteiger partial charge in [0.2, 0.25) is 12.6 Å². The van der Waals surface area contributed by atoms with Crippen LogP contribution in [-0.2, 0) is 19.5 Å². The maximum atomic E-state index is 12.9. The number of fused-ring (bicyclic) bond motifs is 2. The zero-order valence-electron chi connectivity index (χ0n) is 18.5. The van der Waals surface area contributed by atoms with E-state index in [9.17, 15) is 4.79 Å². The van der Waals surface area contributed by atoms with Crippen molar-refractivity contribution in [1.29, 1.82) is 0 Å². The van der Waals surface area contributed by atoms with E-state index in [1.165, 1.54) is 18.4 Å². The fourth-order valence-electron chi connectivity index (χ4n) is 5.86. The summed E-state index contributed by atoms with van der Waals surface area (Å²) in [6.07, 6.45) is 8.88. The number of benzene rings is 1. The number of piperidine rings is 1. The van der Waals surface area contributed by atoms with Crippen LogP contribution in [0.25, 0.3) is 0 Å². The molecule has 4 heterocycles. The molecule has 2 fully saturated rings. The van der Waals surface area contributed by atoms with Gasteiger partial charge in [0, 0.05) is 25.6 Å². The number of rotatable bonds is 4. The molecule has 8 nitrogen and oxygen atoms in total. The Kier molecular flexibility index (Phi) is 5.05. The standard InChI is InChI=1S/C24H31N5O3/c30-23(25-18-3-1-2-4-18)22-27-26-21-7-8-24(15-29(21)22)9-11-28(12-10-24)14-17-5-6-19-20(13-17)32-16-31-19/h5-6,13,18H,1-4,7-12,14-16H2,(H,25,30). The van der Waals surface area contributed by atoms with Gasteiger partial charge in [-0.15, -0.1) is 10.2 Å². The maximum absolute atomic E-state index is 12.9. The Bertz CT molecular complexity index is 1010. The van der Waals surface area contributed by atoms with E-state index in [2.05, 4.69) is 37.1 Å². The lowest BCUT2D eigenvalue weighted by molar-refractivity contribution is 0.0616. The minimum Gasteiger partial charge on any atom is -0.454 e. The second-order valence-corrected chi connectivity index (χ2v) is 9.94. The van der Waals surface area contributed by atoms with Gasteiger partial charge >= 0.3 is 0 Å². The highest BCUT2D eigenvalue weighted by Crippen LogP contribution is 2.41. The number of aromatic nitrogens is 3. The zero-order chi connectivity index (χ0) is 21.5. The average molecular weight is 438 g/mol. The molecule has 0 radical (unpaired) electrons. The molecule has 0 bridgehead atoms. The number of nitrogens with zero attached hydrogens (tertiary/aromatic N) is 4. The van der Waals surface area contributed by atoms with Crippen molar-refractivity contribution in [3.63, 3.8) is 0 Å². The average Bonchev–Trinajstić information content (AvgIpc) is 3.56. The summed E-state index contributed by atoms with van der Waals surface area (Å²) in [5.74, 6) is 3.12. The molecule has 0 unspecified atom stereocenters. The zero-order valence-corrected chi connectivity index (χ0v) is 18.5. The first-order valence-corrected chi connectivity index (χ1v) is 12.0. The van der Waals surface area contributed by atoms with Crippen molar-refractivity contribution in [2.45, 2.75) is 70.5 Å². The van der Waals surface area contributed by atoms with Crippen LogP contribution in [0.15, 0.2) is 18.2 Å². The lowest BCUT2D eigenvalue weighted by atomic mass is 9.73. The van der Waals surface area contributed by atoms with Crippen LogP contribution >= 0.6 is 0 Å². The molecule has 1 spiro atoms. The normalized spacial score (nSPS) is 22.2. The van der Waals surface area contributed by atoms with E-state index in [0.717, 1.165) is 82.0 Å². The molecule has 1 aliphatic carbocycles. The predicted molar refractivity (Wildman–Crippen MR) is 118 cm³/mol. The molecule has 1 aromatic heterocycles. The van der Waals surface area contributed by atoms with Crippen molar-refractivity contribution in [2.75, 3.05) is 19.9 Å². The summed E-state index contributed by atoms with van der Waals surface area (Å²) < 4.78 is 13.1. The number of nitrogens with one attached hydrogen (secondary N) is 1. The van der Waals surface area contributed by atoms with Crippen LogP contribution in [0.1, 0.15) is 67.0 Å². The number of hydrogen-bond donors (Lipinski definition) is 1. The van der Waals surface area contributed by atoms with Crippen LogP contribution in [-0.4, -0.2) is 51.5 Å². The van der Waals surface area contributed by atoms with Gasteiger partial charge < -0.3 is 19.4 Å². The molecule has 1 aromatic carbocycles. The highest BCUT2D eigenvalue weighted by molar-refractivity contribution is 5.91. The van der Waals surface area contributed by atoms with Crippen molar-refractivity contribution in [1.82, 2.24) is 25.0 Å². The van der Waals surface area contributed by atoms with Gasteiger partial charge in [-0.25, -0.2) is 0 Å². The minimum atomic E-state index is -0.0482. The van der Waals surface area contributed by atoms with E-state index in [1.54, 1.807) is 0 Å². The Morgan fingerprint density at radius 3 is 2.75 bits per heavy atom. The van der Waals surface area contributed by atoms with E-state index >= 15 is 0 Å². The topological polar surface area (TPSA) is 81.5 Å². The first kappa shape index (κ1) is 20.0. The van der Waals surface area contributed by atoms with E-state index in [4.69, 9.17) is 9.47 Å². The van der Waals surface area contributed by atoms with Gasteiger partial charge in [0.25, 0.3) is 5.91 Å². The summed E-state index contributed by atoms with van der Waals surface area (Å²) >= 11 is 0. The summed E-state index contributed by atoms with van der Waals surface area (Å²) in [4.78, 5) is 15.4. The Labute approximate surface area is 188 Å². The van der Waals surface area contributed by atoms with Crippen molar-refractivity contribution in [3.05, 3.63) is 35.4 Å². The van der Waals surface area contributed by atoms with Crippen LogP contribution in [0.2, 0.25) is 0 Å². The second kappa shape index (κ2) is 8.06. The van der Waals surface area contributed by atoms with Gasteiger partial charge in [-0.05, 0) is 68.3 Å². The molecular weight excluding hydrogens is 406 g/mol. The lowest BCUT2D eigenvalue weighted by Gasteiger charge is -2.44. The fraction of sp³-hybridized carbons (Fsp3) is 0.625. The number of hydrogen-bond acceptors (Lipinski definition) is 6. The number of carbonyl (C=O) groups excluding carboxylic acids is 1. The van der Waals surface area contributed by atoms with Gasteiger partial charge in [-0.2, -0.15) is 0 Å². The molecule has 4 aliphatic rings. The number of amides is 1. The summed E-state index contributed by atoms with van der Waals surface area (Å²) in [5.41, 5.74) is 1.50. The summed E-state index contributed by atoms with van der Waals surface area (Å²) in [5, 5.41) is 11.8. The van der Waals surface area contributed by atoms with Gasteiger partial charge in [-0.3, -0.25) is 9.69 Å². The Morgan fingerprint density at radius 2 is 1.91 bits per heavy atom. The van der Waals surface area contributed by atoms with Crippen molar-refractivity contribution in [2.24, 2.45) is 5.41 Å². The second-order valence-electron chi connectivity index (χ2n) is 9.94. The highest BCUT2D eigenvalue weighted by Gasteiger charge is 2.40. The van der Waals surface area contributed by atoms with Gasteiger partial charge in [-0.1, -0.05) is 18.9 Å². The number of carbonyl (C=O) groups is 1. The quantitative estimate of drug-likeness (QED) is 0.792. The summed E-state index contributed by atoms with van der Waals surface area (Å²) in [6.45, 7) is 4.24. The molecule has 32 heavy (non-hydrogen) atoms. The third kappa shape index (κ3) is 3.74. The van der Waals surface area contributed by atoms with E-state index < -0.39 is 0 Å². The molecular formula is C24H31N5O3. The van der Waals surface area contributed by atoms with Gasteiger partial charge in [0.15, 0.2) is 11.5 Å². The SMILES string of the molecule is O=C(NC1CCCC1)c1nnc2n1CC1(CC2)CCN(Cc2ccc3c(c2)OCO3)CC1. The van der Waals surface area contributed by atoms with Gasteiger partial charge in [0.05, 0.1) is 0 Å². The fourth-order valence-corrected chi connectivity index (χ4v) is 5.86. The monoisotopic (exact) mass is 437 g/mol. The van der Waals surface area contributed by atoms with Crippen LogP contribution in [0.4, 0.5) is 0 Å². The molecule has 1 amide bonds. The van der Waals surface area contributed by atoms with Crippen molar-refractivity contribution >= 4 is 5.91 Å². The molecule has 0 atom stereocenters. The molecule has 3 aliphatic heterocycles. The first-order valence-electron chi connectivity index (χ1n) is 12.0. The number of aryl methyl sites for hydroxylation is 1. The third-order valence-electron chi connectivity index (χ3n) is 7.85. The van der Waals surface area contributed by atoms with Crippen LogP contribution in [0, 0.1) is 5.41 Å². The molecule has 1 N–H and O–H groups in total. The molecule has 170 valence electrons. The predicted octanol–water partition coefficient (Wildman–Crippen LogP) is 2.91. The van der Waals surface area contributed by atoms with Crippen LogP contribution in [0.5, 0.6) is 11.5 Å². The Hall–Kier alpha value is -2.61. The van der Waals surface area contributed by atoms with E-state index in [-0.39, 0.29) is 11.3 Å². The van der Waals surface area contributed by atoms with E-state index in [0.29, 0.717) is 18.7 Å².